The van der Waals surface area contributed by atoms with Crippen molar-refractivity contribution in [2.45, 2.75) is 33.7 Å². The number of hydrogen-bond donors (Lipinski definition) is 1. The number of carbonyl (C=O) groups is 1. The standard InChI is InChI=1S/C12H26N2O2/c1-6-13-9-11(4)12(15)14(10(2)3)7-8-16-5/h10-11,13H,6-9H2,1-5H3. The van der Waals surface area contributed by atoms with Crippen molar-refractivity contribution in [2.24, 2.45) is 5.92 Å². The average molecular weight is 230 g/mol. The van der Waals surface area contributed by atoms with Crippen LogP contribution >= 0.6 is 0 Å². The van der Waals surface area contributed by atoms with Gasteiger partial charge in [0.25, 0.3) is 0 Å². The van der Waals surface area contributed by atoms with E-state index in [1.54, 1.807) is 7.11 Å². The van der Waals surface area contributed by atoms with Gasteiger partial charge in [0.1, 0.15) is 0 Å². The number of methoxy groups -OCH3 is 1. The summed E-state index contributed by atoms with van der Waals surface area (Å²) < 4.78 is 5.02. The molecular formula is C12H26N2O2. The molecule has 0 aliphatic heterocycles. The van der Waals surface area contributed by atoms with Gasteiger partial charge in [0.2, 0.25) is 5.91 Å². The van der Waals surface area contributed by atoms with Crippen LogP contribution in [0.3, 0.4) is 0 Å². The Balaban J connectivity index is 4.24. The molecule has 0 aliphatic carbocycles. The first-order valence-corrected chi connectivity index (χ1v) is 6.04. The van der Waals surface area contributed by atoms with Crippen LogP contribution in [0, 0.1) is 5.92 Å². The van der Waals surface area contributed by atoms with E-state index in [-0.39, 0.29) is 17.9 Å². The molecule has 4 heteroatoms. The van der Waals surface area contributed by atoms with Crippen molar-refractivity contribution in [2.75, 3.05) is 33.4 Å². The van der Waals surface area contributed by atoms with Crippen LogP contribution in [0.1, 0.15) is 27.7 Å². The van der Waals surface area contributed by atoms with E-state index in [2.05, 4.69) is 5.32 Å². The third kappa shape index (κ3) is 5.47. The van der Waals surface area contributed by atoms with Crippen molar-refractivity contribution in [1.29, 1.82) is 0 Å². The first kappa shape index (κ1) is 15.4. The maximum absolute atomic E-state index is 12.1. The molecule has 0 aromatic carbocycles. The summed E-state index contributed by atoms with van der Waals surface area (Å²) in [5.74, 6) is 0.229. The number of rotatable bonds is 8. The van der Waals surface area contributed by atoms with Gasteiger partial charge in [0.15, 0.2) is 0 Å². The summed E-state index contributed by atoms with van der Waals surface area (Å²) in [4.78, 5) is 14.0. The summed E-state index contributed by atoms with van der Waals surface area (Å²) in [7, 11) is 1.66. The summed E-state index contributed by atoms with van der Waals surface area (Å²) in [6.45, 7) is 11.0. The lowest BCUT2D eigenvalue weighted by molar-refractivity contribution is -0.137. The van der Waals surface area contributed by atoms with Gasteiger partial charge >= 0.3 is 0 Å². The van der Waals surface area contributed by atoms with Crippen molar-refractivity contribution >= 4 is 5.91 Å². The van der Waals surface area contributed by atoms with E-state index >= 15 is 0 Å². The normalized spacial score (nSPS) is 12.9. The van der Waals surface area contributed by atoms with Crippen molar-refractivity contribution in [3.05, 3.63) is 0 Å². The molecule has 0 bridgehead atoms. The Bertz CT molecular complexity index is 195. The summed E-state index contributed by atoms with van der Waals surface area (Å²) >= 11 is 0. The molecule has 0 aromatic heterocycles. The van der Waals surface area contributed by atoms with Crippen molar-refractivity contribution in [3.63, 3.8) is 0 Å². The minimum atomic E-state index is 0.0270. The van der Waals surface area contributed by atoms with Crippen LogP contribution < -0.4 is 5.32 Å². The molecule has 0 radical (unpaired) electrons. The molecule has 1 unspecified atom stereocenters. The molecule has 96 valence electrons. The Kier molecular flexibility index (Phi) is 8.21. The lowest BCUT2D eigenvalue weighted by Gasteiger charge is -2.29. The highest BCUT2D eigenvalue weighted by Gasteiger charge is 2.21. The molecule has 0 aromatic rings. The summed E-state index contributed by atoms with van der Waals surface area (Å²) in [5.41, 5.74) is 0. The highest BCUT2D eigenvalue weighted by Crippen LogP contribution is 2.06. The predicted molar refractivity (Wildman–Crippen MR) is 66.4 cm³/mol. The number of amides is 1. The molecule has 0 spiro atoms. The molecule has 1 atom stereocenters. The Hall–Kier alpha value is -0.610. The van der Waals surface area contributed by atoms with Gasteiger partial charge in [0.05, 0.1) is 6.61 Å². The first-order chi connectivity index (χ1) is 7.54. The van der Waals surface area contributed by atoms with Gasteiger partial charge in [-0.1, -0.05) is 13.8 Å². The fourth-order valence-electron chi connectivity index (χ4n) is 1.54. The maximum Gasteiger partial charge on any atom is 0.226 e. The third-order valence-electron chi connectivity index (χ3n) is 2.56. The number of nitrogens with zero attached hydrogens (tertiary/aromatic N) is 1. The fraction of sp³-hybridized carbons (Fsp3) is 0.917. The molecule has 0 saturated carbocycles. The second kappa shape index (κ2) is 8.53. The molecule has 4 nitrogen and oxygen atoms in total. The van der Waals surface area contributed by atoms with E-state index < -0.39 is 0 Å². The minimum absolute atomic E-state index is 0.0270. The fourth-order valence-corrected chi connectivity index (χ4v) is 1.54. The third-order valence-corrected chi connectivity index (χ3v) is 2.56. The van der Waals surface area contributed by atoms with Crippen LogP contribution in [0.4, 0.5) is 0 Å². The van der Waals surface area contributed by atoms with Crippen LogP contribution in [-0.4, -0.2) is 50.2 Å². The highest BCUT2D eigenvalue weighted by molar-refractivity contribution is 5.79. The lowest BCUT2D eigenvalue weighted by atomic mass is 10.1. The molecule has 1 amide bonds. The predicted octanol–water partition coefficient (Wildman–Crippen LogP) is 1.12. The Morgan fingerprint density at radius 3 is 2.44 bits per heavy atom. The molecule has 0 rings (SSSR count). The molecule has 16 heavy (non-hydrogen) atoms. The number of hydrogen-bond acceptors (Lipinski definition) is 3. The van der Waals surface area contributed by atoms with Gasteiger partial charge in [-0.05, 0) is 20.4 Å². The molecule has 0 fully saturated rings. The minimum Gasteiger partial charge on any atom is -0.383 e. The van der Waals surface area contributed by atoms with E-state index in [0.717, 1.165) is 13.1 Å². The van der Waals surface area contributed by atoms with E-state index in [4.69, 9.17) is 4.74 Å². The first-order valence-electron chi connectivity index (χ1n) is 6.04. The number of nitrogens with one attached hydrogen (secondary N) is 1. The second-order valence-corrected chi connectivity index (χ2v) is 4.33. The van der Waals surface area contributed by atoms with Crippen LogP contribution in [-0.2, 0) is 9.53 Å². The largest absolute Gasteiger partial charge is 0.383 e. The zero-order chi connectivity index (χ0) is 12.6. The zero-order valence-electron chi connectivity index (χ0n) is 11.2. The monoisotopic (exact) mass is 230 g/mol. The topological polar surface area (TPSA) is 41.6 Å². The van der Waals surface area contributed by atoms with Crippen LogP contribution in [0.2, 0.25) is 0 Å². The average Bonchev–Trinajstić information content (AvgIpc) is 2.25. The van der Waals surface area contributed by atoms with E-state index in [1.807, 2.05) is 32.6 Å². The Labute approximate surface area is 99.3 Å². The Morgan fingerprint density at radius 1 is 1.38 bits per heavy atom. The quantitative estimate of drug-likeness (QED) is 0.679. The number of carbonyl (C=O) groups excluding carboxylic acids is 1. The molecule has 0 heterocycles. The van der Waals surface area contributed by atoms with Gasteiger partial charge in [0, 0.05) is 32.2 Å². The zero-order valence-corrected chi connectivity index (χ0v) is 11.2. The smallest absolute Gasteiger partial charge is 0.226 e. The summed E-state index contributed by atoms with van der Waals surface area (Å²) in [6.07, 6.45) is 0. The van der Waals surface area contributed by atoms with Crippen molar-refractivity contribution in [3.8, 4) is 0 Å². The lowest BCUT2D eigenvalue weighted by Crippen LogP contribution is -2.44. The number of ether oxygens (including phenoxy) is 1. The van der Waals surface area contributed by atoms with Gasteiger partial charge in [-0.3, -0.25) is 4.79 Å². The SMILES string of the molecule is CCNCC(C)C(=O)N(CCOC)C(C)C. The molecule has 0 aliphatic rings. The summed E-state index contributed by atoms with van der Waals surface area (Å²) in [6, 6.07) is 0.228. The van der Waals surface area contributed by atoms with Gasteiger partial charge < -0.3 is 15.0 Å². The van der Waals surface area contributed by atoms with Gasteiger partial charge in [-0.2, -0.15) is 0 Å². The summed E-state index contributed by atoms with van der Waals surface area (Å²) in [5, 5.41) is 3.20. The Morgan fingerprint density at radius 2 is 2.00 bits per heavy atom. The molecular weight excluding hydrogens is 204 g/mol. The van der Waals surface area contributed by atoms with Crippen LogP contribution in [0.25, 0.3) is 0 Å². The van der Waals surface area contributed by atoms with Crippen LogP contribution in [0.15, 0.2) is 0 Å². The second-order valence-electron chi connectivity index (χ2n) is 4.33. The maximum atomic E-state index is 12.1. The van der Waals surface area contributed by atoms with Crippen molar-refractivity contribution in [1.82, 2.24) is 10.2 Å². The van der Waals surface area contributed by atoms with E-state index in [0.29, 0.717) is 13.2 Å². The van der Waals surface area contributed by atoms with Crippen molar-refractivity contribution < 1.29 is 9.53 Å². The van der Waals surface area contributed by atoms with Gasteiger partial charge in [-0.25, -0.2) is 0 Å². The van der Waals surface area contributed by atoms with E-state index in [9.17, 15) is 4.79 Å². The highest BCUT2D eigenvalue weighted by atomic mass is 16.5. The van der Waals surface area contributed by atoms with Crippen LogP contribution in [0.5, 0.6) is 0 Å². The van der Waals surface area contributed by atoms with E-state index in [1.165, 1.54) is 0 Å². The van der Waals surface area contributed by atoms with Gasteiger partial charge in [-0.15, -0.1) is 0 Å². The molecule has 1 N–H and O–H groups in total. The molecule has 0 saturated heterocycles.